The maximum atomic E-state index is 11.3. The van der Waals surface area contributed by atoms with Gasteiger partial charge in [0.2, 0.25) is 0 Å². The number of rotatable bonds is 1. The molecule has 4 heteroatoms. The minimum absolute atomic E-state index is 0.0694. The van der Waals surface area contributed by atoms with Crippen molar-refractivity contribution in [2.75, 3.05) is 0 Å². The lowest BCUT2D eigenvalue weighted by molar-refractivity contribution is -0.121. The third kappa shape index (κ3) is 7.75. The molecule has 9 heavy (non-hydrogen) atoms. The Morgan fingerprint density at radius 1 is 1.22 bits per heavy atom. The molecular formula is C5H8F3O. The summed E-state index contributed by atoms with van der Waals surface area (Å²) in [5.41, 5.74) is -1.77. The van der Waals surface area contributed by atoms with Crippen molar-refractivity contribution < 1.29 is 18.3 Å². The molecule has 0 aromatic carbocycles. The Morgan fingerprint density at radius 3 is 1.56 bits per heavy atom. The summed E-state index contributed by atoms with van der Waals surface area (Å²) in [5, 5.41) is 8.58. The van der Waals surface area contributed by atoms with Gasteiger partial charge in [-0.15, -0.1) is 0 Å². The quantitative estimate of drug-likeness (QED) is 0.587. The fourth-order valence-corrected chi connectivity index (χ4v) is 0.401. The molecule has 0 aromatic heterocycles. The highest BCUT2D eigenvalue weighted by atomic mass is 19.4. The molecule has 1 N–H and O–H groups in total. The van der Waals surface area contributed by atoms with E-state index in [1.165, 1.54) is 0 Å². The van der Waals surface area contributed by atoms with E-state index in [0.717, 1.165) is 13.8 Å². The van der Waals surface area contributed by atoms with Gasteiger partial charge in [-0.1, -0.05) is 0 Å². The predicted molar refractivity (Wildman–Crippen MR) is 26.7 cm³/mol. The minimum atomic E-state index is -4.39. The molecule has 0 heterocycles. The maximum Gasteiger partial charge on any atom is 0.395 e. The Kier molecular flexibility index (Phi) is 2.11. The third-order valence-corrected chi connectivity index (χ3v) is 0.517. The van der Waals surface area contributed by atoms with Gasteiger partial charge in [0.15, 0.2) is 0 Å². The van der Waals surface area contributed by atoms with E-state index in [1.54, 1.807) is 0 Å². The number of hydrogen-bond acceptors (Lipinski definition) is 1. The zero-order valence-corrected chi connectivity index (χ0v) is 5.16. The Bertz CT molecular complexity index is 77.4. The second-order valence-electron chi connectivity index (χ2n) is 2.34. The molecule has 0 aliphatic rings. The van der Waals surface area contributed by atoms with Crippen LogP contribution >= 0.6 is 0 Å². The normalized spacial score (nSPS) is 14.0. The number of hydrogen-bond donors (Lipinski definition) is 1. The molecule has 0 saturated carbocycles. The van der Waals surface area contributed by atoms with E-state index in [0.29, 0.717) is 0 Å². The van der Waals surface area contributed by atoms with Gasteiger partial charge in [-0.2, -0.15) is 13.2 Å². The summed E-state index contributed by atoms with van der Waals surface area (Å²) in [6.45, 7) is 2.14. The Morgan fingerprint density at radius 2 is 1.56 bits per heavy atom. The van der Waals surface area contributed by atoms with E-state index < -0.39 is 11.8 Å². The van der Waals surface area contributed by atoms with Gasteiger partial charge in [-0.25, -0.2) is 0 Å². The van der Waals surface area contributed by atoms with Crippen LogP contribution in [0.2, 0.25) is 0 Å². The fourth-order valence-electron chi connectivity index (χ4n) is 0.401. The highest BCUT2D eigenvalue weighted by Gasteiger charge is 2.35. The van der Waals surface area contributed by atoms with E-state index in [4.69, 9.17) is 5.11 Å². The van der Waals surface area contributed by atoms with Crippen LogP contribution in [0.3, 0.4) is 0 Å². The number of alkyl halides is 3. The topological polar surface area (TPSA) is 20.2 Å². The first-order chi connectivity index (χ1) is 3.71. The third-order valence-electron chi connectivity index (χ3n) is 0.517. The second kappa shape index (κ2) is 2.17. The Balaban J connectivity index is 3.75. The van der Waals surface area contributed by atoms with Crippen molar-refractivity contribution in [3.05, 3.63) is 6.42 Å². The first-order valence-electron chi connectivity index (χ1n) is 2.37. The Labute approximate surface area is 51.5 Å². The molecule has 0 bridgehead atoms. The molecule has 0 unspecified atom stereocenters. The van der Waals surface area contributed by atoms with Gasteiger partial charge in [-0.3, -0.25) is 0 Å². The van der Waals surface area contributed by atoms with Gasteiger partial charge < -0.3 is 5.11 Å². The molecule has 0 saturated heterocycles. The van der Waals surface area contributed by atoms with Crippen LogP contribution in [-0.4, -0.2) is 16.9 Å². The molecule has 0 rings (SSSR count). The molecule has 1 nitrogen and oxygen atoms in total. The summed E-state index contributed by atoms with van der Waals surface area (Å²) < 4.78 is 34.0. The SMILES string of the molecule is CC(C)(O)[CH]C(F)(F)F. The molecular weight excluding hydrogens is 133 g/mol. The lowest BCUT2D eigenvalue weighted by Crippen LogP contribution is -2.28. The van der Waals surface area contributed by atoms with Crippen LogP contribution in [0.25, 0.3) is 0 Å². The van der Waals surface area contributed by atoms with Crippen molar-refractivity contribution >= 4 is 0 Å². The van der Waals surface area contributed by atoms with E-state index in [-0.39, 0.29) is 6.42 Å². The predicted octanol–water partition coefficient (Wildman–Crippen LogP) is 1.52. The van der Waals surface area contributed by atoms with E-state index >= 15 is 0 Å². The molecule has 1 radical (unpaired) electrons. The molecule has 0 aromatic rings. The smallest absolute Gasteiger partial charge is 0.390 e. The van der Waals surface area contributed by atoms with Crippen molar-refractivity contribution in [2.24, 2.45) is 0 Å². The number of halogens is 3. The first-order valence-corrected chi connectivity index (χ1v) is 2.37. The summed E-state index contributed by atoms with van der Waals surface area (Å²) in [5.74, 6) is 0. The zero-order valence-electron chi connectivity index (χ0n) is 5.16. The van der Waals surface area contributed by atoms with Gasteiger partial charge in [0.1, 0.15) is 0 Å². The second-order valence-corrected chi connectivity index (χ2v) is 2.34. The largest absolute Gasteiger partial charge is 0.395 e. The zero-order chi connectivity index (χ0) is 7.71. The minimum Gasteiger partial charge on any atom is -0.390 e. The highest BCUT2D eigenvalue weighted by Crippen LogP contribution is 2.25. The van der Waals surface area contributed by atoms with E-state index in [2.05, 4.69) is 0 Å². The molecule has 0 aliphatic heterocycles. The van der Waals surface area contributed by atoms with E-state index in [9.17, 15) is 13.2 Å². The van der Waals surface area contributed by atoms with Gasteiger partial charge in [0.05, 0.1) is 12.0 Å². The Hall–Kier alpha value is -0.250. The number of aliphatic hydroxyl groups is 1. The monoisotopic (exact) mass is 141 g/mol. The van der Waals surface area contributed by atoms with Crippen LogP contribution in [0.4, 0.5) is 13.2 Å². The van der Waals surface area contributed by atoms with Crippen LogP contribution in [0.5, 0.6) is 0 Å². The summed E-state index contributed by atoms with van der Waals surface area (Å²) >= 11 is 0. The lowest BCUT2D eigenvalue weighted by atomic mass is 10.1. The summed E-state index contributed by atoms with van der Waals surface area (Å²) in [4.78, 5) is 0. The molecule has 0 aliphatic carbocycles. The van der Waals surface area contributed by atoms with Crippen molar-refractivity contribution in [1.29, 1.82) is 0 Å². The average Bonchev–Trinajstić information content (AvgIpc) is 1.14. The van der Waals surface area contributed by atoms with E-state index in [1.807, 2.05) is 0 Å². The van der Waals surface area contributed by atoms with Crippen LogP contribution in [0.15, 0.2) is 0 Å². The molecule has 0 amide bonds. The standard InChI is InChI=1S/C5H8F3O/c1-4(2,9)3-5(6,7)8/h3,9H,1-2H3. The summed E-state index contributed by atoms with van der Waals surface area (Å²) in [6, 6.07) is 0. The maximum absolute atomic E-state index is 11.3. The van der Waals surface area contributed by atoms with Crippen molar-refractivity contribution in [2.45, 2.75) is 25.6 Å². The average molecular weight is 141 g/mol. The van der Waals surface area contributed by atoms with Gasteiger partial charge in [0, 0.05) is 0 Å². The van der Waals surface area contributed by atoms with Gasteiger partial charge in [0.25, 0.3) is 0 Å². The highest BCUT2D eigenvalue weighted by molar-refractivity contribution is 4.90. The van der Waals surface area contributed by atoms with Crippen LogP contribution < -0.4 is 0 Å². The first kappa shape index (κ1) is 8.75. The van der Waals surface area contributed by atoms with Crippen molar-refractivity contribution in [3.63, 3.8) is 0 Å². The van der Waals surface area contributed by atoms with Crippen LogP contribution in [0.1, 0.15) is 13.8 Å². The molecule has 55 valence electrons. The molecule has 0 atom stereocenters. The summed E-state index contributed by atoms with van der Waals surface area (Å²) in [6.07, 6.45) is -4.46. The molecule has 0 fully saturated rings. The van der Waals surface area contributed by atoms with Crippen LogP contribution in [-0.2, 0) is 0 Å². The van der Waals surface area contributed by atoms with Crippen LogP contribution in [0, 0.1) is 6.42 Å². The fraction of sp³-hybridized carbons (Fsp3) is 0.800. The van der Waals surface area contributed by atoms with Crippen molar-refractivity contribution in [1.82, 2.24) is 0 Å². The van der Waals surface area contributed by atoms with Crippen molar-refractivity contribution in [3.8, 4) is 0 Å². The van der Waals surface area contributed by atoms with Gasteiger partial charge >= 0.3 is 6.18 Å². The molecule has 0 spiro atoms. The lowest BCUT2D eigenvalue weighted by Gasteiger charge is -2.17. The van der Waals surface area contributed by atoms with Gasteiger partial charge in [-0.05, 0) is 13.8 Å². The summed E-state index contributed by atoms with van der Waals surface area (Å²) in [7, 11) is 0.